The first kappa shape index (κ1) is 18.9. The van der Waals surface area contributed by atoms with Gasteiger partial charge in [-0.25, -0.2) is 4.98 Å². The van der Waals surface area contributed by atoms with Crippen molar-refractivity contribution < 1.29 is 4.79 Å². The van der Waals surface area contributed by atoms with Gasteiger partial charge in [0.05, 0.1) is 5.56 Å². The molecule has 1 aromatic carbocycles. The van der Waals surface area contributed by atoms with Gasteiger partial charge < -0.3 is 15.1 Å². The van der Waals surface area contributed by atoms with Crippen molar-refractivity contribution in [2.75, 3.05) is 38.6 Å². The molecule has 0 unspecified atom stereocenters. The molecule has 134 valence electrons. The molecule has 1 heterocycles. The Morgan fingerprint density at radius 1 is 1.20 bits per heavy atom. The highest BCUT2D eigenvalue weighted by molar-refractivity contribution is 5.94. The van der Waals surface area contributed by atoms with Gasteiger partial charge in [0, 0.05) is 25.0 Å². The molecule has 0 fully saturated rings. The van der Waals surface area contributed by atoms with E-state index in [4.69, 9.17) is 0 Å². The summed E-state index contributed by atoms with van der Waals surface area (Å²) in [5.74, 6) is 0.772. The van der Waals surface area contributed by atoms with E-state index >= 15 is 0 Å². The predicted octanol–water partition coefficient (Wildman–Crippen LogP) is 3.23. The second-order valence-electron chi connectivity index (χ2n) is 6.40. The van der Waals surface area contributed by atoms with Crippen LogP contribution in [-0.2, 0) is 0 Å². The third kappa shape index (κ3) is 5.57. The fourth-order valence-corrected chi connectivity index (χ4v) is 2.65. The zero-order valence-electron chi connectivity index (χ0n) is 15.6. The van der Waals surface area contributed by atoms with E-state index in [-0.39, 0.29) is 5.91 Å². The van der Waals surface area contributed by atoms with Crippen molar-refractivity contribution in [3.8, 4) is 0 Å². The minimum atomic E-state index is -0.0728. The lowest BCUT2D eigenvalue weighted by atomic mass is 10.2. The lowest BCUT2D eigenvalue weighted by Gasteiger charge is -2.22. The Bertz CT molecular complexity index is 682. The quantitative estimate of drug-likeness (QED) is 0.750. The number of anilines is 2. The smallest absolute Gasteiger partial charge is 0.252 e. The fourth-order valence-electron chi connectivity index (χ4n) is 2.65. The van der Waals surface area contributed by atoms with Crippen LogP contribution in [-0.4, -0.2) is 49.5 Å². The minimum absolute atomic E-state index is 0.0728. The number of nitrogens with zero attached hydrogens (tertiary/aromatic N) is 3. The van der Waals surface area contributed by atoms with Crippen LogP contribution in [0.2, 0.25) is 0 Å². The van der Waals surface area contributed by atoms with E-state index in [9.17, 15) is 4.79 Å². The van der Waals surface area contributed by atoms with E-state index in [1.54, 1.807) is 6.20 Å². The first-order chi connectivity index (χ1) is 12.0. The van der Waals surface area contributed by atoms with E-state index in [1.807, 2.05) is 32.3 Å². The number of hydrogen-bond acceptors (Lipinski definition) is 4. The number of aromatic nitrogens is 1. The molecule has 0 atom stereocenters. The Morgan fingerprint density at radius 3 is 2.60 bits per heavy atom. The molecule has 0 radical (unpaired) electrons. The fraction of sp³-hybridized carbons (Fsp3) is 0.400. The van der Waals surface area contributed by atoms with Crippen LogP contribution in [0.15, 0.2) is 42.6 Å². The SMILES string of the molecule is CCN(c1cccc(C)c1)c1ccc(C(=O)NCCCN(C)C)cn1. The van der Waals surface area contributed by atoms with Crippen molar-refractivity contribution >= 4 is 17.4 Å². The summed E-state index contributed by atoms with van der Waals surface area (Å²) in [7, 11) is 4.05. The molecule has 0 aliphatic heterocycles. The maximum absolute atomic E-state index is 12.2. The van der Waals surface area contributed by atoms with Gasteiger partial charge in [0.1, 0.15) is 5.82 Å². The highest BCUT2D eigenvalue weighted by atomic mass is 16.1. The summed E-state index contributed by atoms with van der Waals surface area (Å²) < 4.78 is 0. The van der Waals surface area contributed by atoms with Gasteiger partial charge in [-0.05, 0) is 70.7 Å². The number of pyridine rings is 1. The van der Waals surface area contributed by atoms with E-state index in [0.717, 1.165) is 31.0 Å². The third-order valence-corrected chi connectivity index (χ3v) is 3.98. The average Bonchev–Trinajstić information content (AvgIpc) is 2.60. The number of nitrogens with one attached hydrogen (secondary N) is 1. The predicted molar refractivity (Wildman–Crippen MR) is 104 cm³/mol. The molecule has 0 aliphatic carbocycles. The molecule has 5 heteroatoms. The number of amides is 1. The van der Waals surface area contributed by atoms with Gasteiger partial charge >= 0.3 is 0 Å². The molecule has 0 bridgehead atoms. The van der Waals surface area contributed by atoms with Crippen LogP contribution < -0.4 is 10.2 Å². The third-order valence-electron chi connectivity index (χ3n) is 3.98. The lowest BCUT2D eigenvalue weighted by molar-refractivity contribution is 0.0952. The Labute approximate surface area is 150 Å². The van der Waals surface area contributed by atoms with Crippen molar-refractivity contribution in [2.45, 2.75) is 20.3 Å². The van der Waals surface area contributed by atoms with Gasteiger partial charge in [-0.2, -0.15) is 0 Å². The zero-order chi connectivity index (χ0) is 18.2. The summed E-state index contributed by atoms with van der Waals surface area (Å²) in [5.41, 5.74) is 2.91. The van der Waals surface area contributed by atoms with Gasteiger partial charge in [-0.15, -0.1) is 0 Å². The molecular formula is C20H28N4O. The minimum Gasteiger partial charge on any atom is -0.352 e. The number of carbonyl (C=O) groups is 1. The summed E-state index contributed by atoms with van der Waals surface area (Å²) in [6, 6.07) is 12.1. The van der Waals surface area contributed by atoms with Gasteiger partial charge in [0.2, 0.25) is 0 Å². The van der Waals surface area contributed by atoms with E-state index in [1.165, 1.54) is 5.56 Å². The Hall–Kier alpha value is -2.40. The topological polar surface area (TPSA) is 48.5 Å². The van der Waals surface area contributed by atoms with Gasteiger partial charge in [-0.3, -0.25) is 4.79 Å². The number of carbonyl (C=O) groups excluding carboxylic acids is 1. The summed E-state index contributed by atoms with van der Waals surface area (Å²) in [5, 5.41) is 2.94. The van der Waals surface area contributed by atoms with Gasteiger partial charge in [-0.1, -0.05) is 12.1 Å². The lowest BCUT2D eigenvalue weighted by Crippen LogP contribution is -2.27. The number of hydrogen-bond donors (Lipinski definition) is 1. The normalized spacial score (nSPS) is 10.8. The summed E-state index contributed by atoms with van der Waals surface area (Å²) in [6.07, 6.45) is 2.58. The molecule has 25 heavy (non-hydrogen) atoms. The Morgan fingerprint density at radius 2 is 2.00 bits per heavy atom. The highest BCUT2D eigenvalue weighted by Crippen LogP contribution is 2.24. The van der Waals surface area contributed by atoms with Crippen LogP contribution in [0.1, 0.15) is 29.3 Å². The van der Waals surface area contributed by atoms with Gasteiger partial charge in [0.25, 0.3) is 5.91 Å². The molecule has 2 aromatic rings. The van der Waals surface area contributed by atoms with Crippen molar-refractivity contribution in [3.63, 3.8) is 0 Å². The molecule has 0 aliphatic rings. The number of benzene rings is 1. The molecule has 0 spiro atoms. The highest BCUT2D eigenvalue weighted by Gasteiger charge is 2.11. The average molecular weight is 340 g/mol. The number of aryl methyl sites for hydroxylation is 1. The molecule has 0 saturated heterocycles. The van der Waals surface area contributed by atoms with E-state index in [0.29, 0.717) is 12.1 Å². The van der Waals surface area contributed by atoms with Crippen molar-refractivity contribution in [1.82, 2.24) is 15.2 Å². The van der Waals surface area contributed by atoms with Gasteiger partial charge in [0.15, 0.2) is 0 Å². The van der Waals surface area contributed by atoms with Crippen LogP contribution in [0.3, 0.4) is 0 Å². The maximum atomic E-state index is 12.2. The molecule has 1 aromatic heterocycles. The van der Waals surface area contributed by atoms with Crippen LogP contribution in [0.25, 0.3) is 0 Å². The number of rotatable bonds is 8. The van der Waals surface area contributed by atoms with Crippen LogP contribution >= 0.6 is 0 Å². The molecule has 0 saturated carbocycles. The van der Waals surface area contributed by atoms with Crippen molar-refractivity contribution in [3.05, 3.63) is 53.7 Å². The largest absolute Gasteiger partial charge is 0.352 e. The maximum Gasteiger partial charge on any atom is 0.252 e. The van der Waals surface area contributed by atoms with E-state index < -0.39 is 0 Å². The van der Waals surface area contributed by atoms with Crippen LogP contribution in [0.5, 0.6) is 0 Å². The summed E-state index contributed by atoms with van der Waals surface area (Å²) in [4.78, 5) is 20.9. The molecular weight excluding hydrogens is 312 g/mol. The second kappa shape index (κ2) is 9.18. The molecule has 5 nitrogen and oxygen atoms in total. The summed E-state index contributed by atoms with van der Waals surface area (Å²) in [6.45, 7) is 6.61. The first-order valence-electron chi connectivity index (χ1n) is 8.74. The molecule has 2 rings (SSSR count). The Kier molecular flexibility index (Phi) is 6.95. The first-order valence-corrected chi connectivity index (χ1v) is 8.74. The second-order valence-corrected chi connectivity index (χ2v) is 6.40. The molecule has 1 N–H and O–H groups in total. The van der Waals surface area contributed by atoms with Crippen LogP contribution in [0, 0.1) is 6.92 Å². The van der Waals surface area contributed by atoms with Crippen molar-refractivity contribution in [2.24, 2.45) is 0 Å². The van der Waals surface area contributed by atoms with Crippen molar-refractivity contribution in [1.29, 1.82) is 0 Å². The monoisotopic (exact) mass is 340 g/mol. The summed E-state index contributed by atoms with van der Waals surface area (Å²) >= 11 is 0. The zero-order valence-corrected chi connectivity index (χ0v) is 15.6. The van der Waals surface area contributed by atoms with Crippen LogP contribution in [0.4, 0.5) is 11.5 Å². The van der Waals surface area contributed by atoms with E-state index in [2.05, 4.69) is 52.1 Å². The molecule has 1 amide bonds. The Balaban J connectivity index is 2.01. The standard InChI is InChI=1S/C20H28N4O/c1-5-24(18-9-6-8-16(2)14-18)19-11-10-17(15-22-19)20(25)21-12-7-13-23(3)4/h6,8-11,14-15H,5,7,12-13H2,1-4H3,(H,21,25).